The largest absolute Gasteiger partial charge is 0.299 e. The van der Waals surface area contributed by atoms with E-state index in [4.69, 9.17) is 0 Å². The molecule has 2 aliphatic carbocycles. The zero-order valence-electron chi connectivity index (χ0n) is 10.4. The van der Waals surface area contributed by atoms with Crippen molar-refractivity contribution in [2.45, 2.75) is 59.3 Å². The molecule has 0 saturated heterocycles. The second kappa shape index (κ2) is 3.92. The van der Waals surface area contributed by atoms with Gasteiger partial charge in [0.1, 0.15) is 5.78 Å². The first kappa shape index (κ1) is 11.2. The summed E-state index contributed by atoms with van der Waals surface area (Å²) in [6.07, 6.45) is 7.01. The van der Waals surface area contributed by atoms with E-state index in [-0.39, 0.29) is 0 Å². The van der Waals surface area contributed by atoms with Crippen molar-refractivity contribution < 1.29 is 4.79 Å². The summed E-state index contributed by atoms with van der Waals surface area (Å²) < 4.78 is 0. The van der Waals surface area contributed by atoms with Crippen LogP contribution in [0.3, 0.4) is 0 Å². The average Bonchev–Trinajstić information content (AvgIpc) is 2.56. The first-order valence-corrected chi connectivity index (χ1v) is 6.62. The van der Waals surface area contributed by atoms with Gasteiger partial charge in [0.15, 0.2) is 0 Å². The minimum absolute atomic E-state index is 0.352. The second-order valence-corrected chi connectivity index (χ2v) is 5.95. The fourth-order valence-electron chi connectivity index (χ4n) is 4.19. The van der Waals surface area contributed by atoms with Crippen LogP contribution in [-0.2, 0) is 4.79 Å². The molecule has 0 aromatic rings. The molecule has 15 heavy (non-hydrogen) atoms. The van der Waals surface area contributed by atoms with E-state index < -0.39 is 0 Å². The molecule has 2 fully saturated rings. The highest BCUT2D eigenvalue weighted by Crippen LogP contribution is 2.56. The number of hydrogen-bond donors (Lipinski definition) is 0. The summed E-state index contributed by atoms with van der Waals surface area (Å²) in [5.41, 5.74) is 0.352. The number of rotatable bonds is 2. The Bertz CT molecular complexity index is 258. The SMILES string of the molecule is CC[C@H](C)[C@H]1CC[C@H]2C(=O)CCC[C@]12C. The summed E-state index contributed by atoms with van der Waals surface area (Å²) in [5.74, 6) is 2.57. The fraction of sp³-hybridized carbons (Fsp3) is 0.929. The van der Waals surface area contributed by atoms with Gasteiger partial charge in [0.05, 0.1) is 0 Å². The van der Waals surface area contributed by atoms with Gasteiger partial charge in [-0.3, -0.25) is 4.79 Å². The first-order valence-electron chi connectivity index (χ1n) is 6.62. The highest BCUT2D eigenvalue weighted by atomic mass is 16.1. The zero-order chi connectivity index (χ0) is 11.1. The Balaban J connectivity index is 2.21. The standard InChI is InChI=1S/C14H24O/c1-4-10(2)11-7-8-12-13(15)6-5-9-14(11,12)3/h10-12H,4-9H2,1-3H3/t10-,11+,12-,14+/m0/s1. The van der Waals surface area contributed by atoms with Crippen molar-refractivity contribution in [1.82, 2.24) is 0 Å². The third-order valence-corrected chi connectivity index (χ3v) is 5.27. The molecule has 0 N–H and O–H groups in total. The normalized spacial score (nSPS) is 42.7. The van der Waals surface area contributed by atoms with Crippen LogP contribution in [0.5, 0.6) is 0 Å². The molecule has 1 heteroatoms. The summed E-state index contributed by atoms with van der Waals surface area (Å²) in [5, 5.41) is 0. The fourth-order valence-corrected chi connectivity index (χ4v) is 4.19. The van der Waals surface area contributed by atoms with Crippen LogP contribution in [0.1, 0.15) is 59.3 Å². The van der Waals surface area contributed by atoms with E-state index in [0.717, 1.165) is 24.7 Å². The summed E-state index contributed by atoms with van der Waals surface area (Å²) in [6, 6.07) is 0. The van der Waals surface area contributed by atoms with Crippen molar-refractivity contribution in [1.29, 1.82) is 0 Å². The topological polar surface area (TPSA) is 17.1 Å². The molecule has 0 aromatic carbocycles. The first-order chi connectivity index (χ1) is 7.09. The van der Waals surface area contributed by atoms with Crippen LogP contribution in [-0.4, -0.2) is 5.78 Å². The highest BCUT2D eigenvalue weighted by molar-refractivity contribution is 5.83. The van der Waals surface area contributed by atoms with Crippen LogP contribution in [0.15, 0.2) is 0 Å². The van der Waals surface area contributed by atoms with Crippen LogP contribution in [0.4, 0.5) is 0 Å². The van der Waals surface area contributed by atoms with Crippen molar-refractivity contribution in [3.05, 3.63) is 0 Å². The van der Waals surface area contributed by atoms with Gasteiger partial charge in [-0.2, -0.15) is 0 Å². The third-order valence-electron chi connectivity index (χ3n) is 5.27. The molecule has 86 valence electrons. The van der Waals surface area contributed by atoms with Crippen molar-refractivity contribution in [2.75, 3.05) is 0 Å². The molecule has 2 rings (SSSR count). The van der Waals surface area contributed by atoms with E-state index in [0.29, 0.717) is 17.1 Å². The van der Waals surface area contributed by atoms with Crippen molar-refractivity contribution in [3.63, 3.8) is 0 Å². The average molecular weight is 208 g/mol. The summed E-state index contributed by atoms with van der Waals surface area (Å²) >= 11 is 0. The predicted molar refractivity (Wildman–Crippen MR) is 62.6 cm³/mol. The Morgan fingerprint density at radius 2 is 2.20 bits per heavy atom. The van der Waals surface area contributed by atoms with Gasteiger partial charge in [-0.25, -0.2) is 0 Å². The molecule has 0 amide bonds. The molecule has 0 unspecified atom stereocenters. The lowest BCUT2D eigenvalue weighted by molar-refractivity contribution is -0.130. The Labute approximate surface area is 93.6 Å². The van der Waals surface area contributed by atoms with Gasteiger partial charge in [0, 0.05) is 12.3 Å². The minimum atomic E-state index is 0.352. The lowest BCUT2D eigenvalue weighted by Gasteiger charge is -2.42. The van der Waals surface area contributed by atoms with Crippen molar-refractivity contribution >= 4 is 5.78 Å². The van der Waals surface area contributed by atoms with Crippen LogP contribution in [0.2, 0.25) is 0 Å². The number of hydrogen-bond acceptors (Lipinski definition) is 1. The molecule has 0 radical (unpaired) electrons. The van der Waals surface area contributed by atoms with E-state index >= 15 is 0 Å². The van der Waals surface area contributed by atoms with Crippen LogP contribution in [0.25, 0.3) is 0 Å². The van der Waals surface area contributed by atoms with Gasteiger partial charge in [-0.15, -0.1) is 0 Å². The smallest absolute Gasteiger partial charge is 0.136 e. The van der Waals surface area contributed by atoms with Crippen LogP contribution < -0.4 is 0 Å². The van der Waals surface area contributed by atoms with E-state index in [1.807, 2.05) is 0 Å². The molecule has 1 nitrogen and oxygen atoms in total. The number of carbonyl (C=O) groups is 1. The molecule has 0 bridgehead atoms. The van der Waals surface area contributed by atoms with Gasteiger partial charge in [-0.1, -0.05) is 27.2 Å². The summed E-state index contributed by atoms with van der Waals surface area (Å²) in [6.45, 7) is 7.04. The van der Waals surface area contributed by atoms with Gasteiger partial charge in [0.25, 0.3) is 0 Å². The van der Waals surface area contributed by atoms with E-state index in [1.165, 1.54) is 25.7 Å². The molecule has 0 spiro atoms. The molecule has 0 aromatic heterocycles. The Kier molecular flexibility index (Phi) is 2.92. The summed E-state index contributed by atoms with van der Waals surface area (Å²) in [7, 11) is 0. The Morgan fingerprint density at radius 3 is 2.87 bits per heavy atom. The molecule has 4 atom stereocenters. The van der Waals surface area contributed by atoms with E-state index in [1.54, 1.807) is 0 Å². The molecular formula is C14H24O. The quantitative estimate of drug-likeness (QED) is 0.674. The monoisotopic (exact) mass is 208 g/mol. The molecule has 0 heterocycles. The molecule has 2 saturated carbocycles. The predicted octanol–water partition coefficient (Wildman–Crippen LogP) is 3.82. The van der Waals surface area contributed by atoms with Gasteiger partial charge >= 0.3 is 0 Å². The van der Waals surface area contributed by atoms with Crippen LogP contribution >= 0.6 is 0 Å². The maximum atomic E-state index is 11.9. The van der Waals surface area contributed by atoms with Crippen molar-refractivity contribution in [2.24, 2.45) is 23.2 Å². The Morgan fingerprint density at radius 1 is 1.47 bits per heavy atom. The number of fused-ring (bicyclic) bond motifs is 1. The number of ketones is 1. The van der Waals surface area contributed by atoms with Crippen LogP contribution in [0, 0.1) is 23.2 Å². The third kappa shape index (κ3) is 1.64. The lowest BCUT2D eigenvalue weighted by Crippen LogP contribution is -2.39. The number of Topliss-reactive ketones (excluding diaryl/α,β-unsaturated/α-hetero) is 1. The minimum Gasteiger partial charge on any atom is -0.299 e. The summed E-state index contributed by atoms with van der Waals surface area (Å²) in [4.78, 5) is 11.9. The van der Waals surface area contributed by atoms with Gasteiger partial charge < -0.3 is 0 Å². The van der Waals surface area contributed by atoms with Crippen molar-refractivity contribution in [3.8, 4) is 0 Å². The lowest BCUT2D eigenvalue weighted by atomic mass is 9.62. The maximum absolute atomic E-state index is 11.9. The number of carbonyl (C=O) groups excluding carboxylic acids is 1. The zero-order valence-corrected chi connectivity index (χ0v) is 10.4. The Hall–Kier alpha value is -0.330. The van der Waals surface area contributed by atoms with Gasteiger partial charge in [0.2, 0.25) is 0 Å². The molecular weight excluding hydrogens is 184 g/mol. The molecule has 0 aliphatic heterocycles. The maximum Gasteiger partial charge on any atom is 0.136 e. The van der Waals surface area contributed by atoms with Gasteiger partial charge in [-0.05, 0) is 42.9 Å². The second-order valence-electron chi connectivity index (χ2n) is 5.95. The van der Waals surface area contributed by atoms with E-state index in [2.05, 4.69) is 20.8 Å². The highest BCUT2D eigenvalue weighted by Gasteiger charge is 2.51. The van der Waals surface area contributed by atoms with E-state index in [9.17, 15) is 4.79 Å². The molecule has 2 aliphatic rings.